The molecule has 1 aromatic carbocycles. The zero-order chi connectivity index (χ0) is 23.3. The number of allylic oxidation sites excluding steroid dienone is 1. The largest absolute Gasteiger partial charge is 0.507 e. The number of nitrogens with two attached hydrogens (primary N) is 1. The van der Waals surface area contributed by atoms with E-state index in [2.05, 4.69) is 58.3 Å². The van der Waals surface area contributed by atoms with Crippen molar-refractivity contribution >= 4 is 59.4 Å². The fraction of sp³-hybridized carbons (Fsp3) is 0.429. The lowest BCUT2D eigenvalue weighted by atomic mass is 9.87. The highest BCUT2D eigenvalue weighted by atomic mass is 79.9. The zero-order valence-corrected chi connectivity index (χ0v) is 22.2. The van der Waals surface area contributed by atoms with Crippen molar-refractivity contribution in [3.05, 3.63) is 48.7 Å². The molecule has 0 radical (unpaired) electrons. The molecule has 1 aliphatic carbocycles. The lowest BCUT2D eigenvalue weighted by molar-refractivity contribution is -0.114. The number of aliphatic hydroxyl groups is 1. The monoisotopic (exact) mass is 635 g/mol. The van der Waals surface area contributed by atoms with E-state index >= 15 is 0 Å². The molecule has 1 amide bonds. The number of amides is 1. The molecule has 0 aromatic heterocycles. The molecule has 0 saturated carbocycles. The molecule has 1 aliphatic heterocycles. The van der Waals surface area contributed by atoms with Crippen LogP contribution >= 0.6 is 47.8 Å². The normalized spacial score (nSPS) is 20.3. The summed E-state index contributed by atoms with van der Waals surface area (Å²) in [5, 5.41) is 17.4. The Kier molecular flexibility index (Phi) is 8.65. The van der Waals surface area contributed by atoms with Crippen LogP contribution < -0.4 is 15.8 Å². The van der Waals surface area contributed by atoms with Crippen LogP contribution in [0.5, 0.6) is 5.75 Å². The third-order valence-electron chi connectivity index (χ3n) is 5.07. The van der Waals surface area contributed by atoms with Crippen molar-refractivity contribution in [2.24, 2.45) is 10.9 Å². The second kappa shape index (κ2) is 11.0. The topological polar surface area (TPSA) is 115 Å². The summed E-state index contributed by atoms with van der Waals surface area (Å²) in [5.74, 6) is 0.832. The summed E-state index contributed by atoms with van der Waals surface area (Å²) in [6.07, 6.45) is 1.87. The Balaban J connectivity index is 1.46. The molecule has 4 N–H and O–H groups in total. The highest BCUT2D eigenvalue weighted by molar-refractivity contribution is 9.12. The van der Waals surface area contributed by atoms with Crippen molar-refractivity contribution in [1.82, 2.24) is 5.32 Å². The second-order valence-corrected chi connectivity index (χ2v) is 9.94. The standard InChI is InChI=1S/C21H24Br3N3O5/c1-30-18-14(23)10-21(19(28)17(18)24)11-15(27-32-21)20(29)26-7-2-8-31-16-4-3-12(5-6-25)9-13(16)22/h3-4,9,28H,2,5-8,10-11,25H2,1H3,(H,26,29). The SMILES string of the molecule is COC1=C(Br)CC2(CC(C(=O)NCCCOc3ccc(CCN)cc3Br)=NO2)C(O)=C1Br. The number of ether oxygens (including phenoxy) is 2. The maximum Gasteiger partial charge on any atom is 0.269 e. The minimum atomic E-state index is -1.13. The quantitative estimate of drug-likeness (QED) is 0.350. The van der Waals surface area contributed by atoms with E-state index in [0.29, 0.717) is 47.3 Å². The number of halogens is 3. The van der Waals surface area contributed by atoms with Gasteiger partial charge < -0.3 is 30.5 Å². The first-order valence-corrected chi connectivity index (χ1v) is 12.4. The third kappa shape index (κ3) is 5.49. The van der Waals surface area contributed by atoms with E-state index in [1.165, 1.54) is 7.11 Å². The van der Waals surface area contributed by atoms with E-state index in [1.54, 1.807) is 0 Å². The number of carbonyl (C=O) groups is 1. The number of nitrogens with zero attached hydrogens (tertiary/aromatic N) is 1. The number of oxime groups is 1. The van der Waals surface area contributed by atoms with Gasteiger partial charge in [-0.25, -0.2) is 0 Å². The summed E-state index contributed by atoms with van der Waals surface area (Å²) in [5.41, 5.74) is 5.81. The lowest BCUT2D eigenvalue weighted by Gasteiger charge is -2.31. The summed E-state index contributed by atoms with van der Waals surface area (Å²) in [4.78, 5) is 18.0. The summed E-state index contributed by atoms with van der Waals surface area (Å²) >= 11 is 10.3. The maximum absolute atomic E-state index is 12.5. The first-order valence-electron chi connectivity index (χ1n) is 9.98. The van der Waals surface area contributed by atoms with E-state index in [9.17, 15) is 9.90 Å². The fourth-order valence-electron chi connectivity index (χ4n) is 3.40. The summed E-state index contributed by atoms with van der Waals surface area (Å²) < 4.78 is 13.0. The Hall–Kier alpha value is -1.56. The van der Waals surface area contributed by atoms with E-state index in [0.717, 1.165) is 22.2 Å². The Morgan fingerprint density at radius 3 is 2.81 bits per heavy atom. The van der Waals surface area contributed by atoms with Crippen LogP contribution in [0.4, 0.5) is 0 Å². The minimum absolute atomic E-state index is 0.0550. The molecule has 1 spiro atoms. The van der Waals surface area contributed by atoms with Crippen molar-refractivity contribution in [2.45, 2.75) is 31.3 Å². The predicted octanol–water partition coefficient (Wildman–Crippen LogP) is 4.17. The van der Waals surface area contributed by atoms with Crippen molar-refractivity contribution in [2.75, 3.05) is 26.8 Å². The molecule has 1 heterocycles. The number of nitrogens with one attached hydrogen (secondary N) is 1. The van der Waals surface area contributed by atoms with Gasteiger partial charge in [0, 0.05) is 23.9 Å². The van der Waals surface area contributed by atoms with Crippen molar-refractivity contribution in [3.63, 3.8) is 0 Å². The Morgan fingerprint density at radius 2 is 2.12 bits per heavy atom. The third-order valence-corrected chi connectivity index (χ3v) is 7.07. The summed E-state index contributed by atoms with van der Waals surface area (Å²) in [7, 11) is 1.51. The van der Waals surface area contributed by atoms with Gasteiger partial charge in [-0.3, -0.25) is 4.79 Å². The number of hydrogen-bond acceptors (Lipinski definition) is 7. The molecular formula is C21H24Br3N3O5. The van der Waals surface area contributed by atoms with Gasteiger partial charge in [0.2, 0.25) is 5.60 Å². The van der Waals surface area contributed by atoms with Crippen molar-refractivity contribution in [3.8, 4) is 5.75 Å². The first-order chi connectivity index (χ1) is 15.3. The predicted molar refractivity (Wildman–Crippen MR) is 132 cm³/mol. The maximum atomic E-state index is 12.5. The smallest absolute Gasteiger partial charge is 0.269 e. The van der Waals surface area contributed by atoms with Crippen molar-refractivity contribution in [1.29, 1.82) is 0 Å². The Bertz CT molecular complexity index is 979. The highest BCUT2D eigenvalue weighted by Gasteiger charge is 2.50. The van der Waals surface area contributed by atoms with Gasteiger partial charge in [0.25, 0.3) is 5.91 Å². The molecule has 8 nitrogen and oxygen atoms in total. The molecule has 1 atom stereocenters. The molecule has 1 aromatic rings. The molecular weight excluding hydrogens is 614 g/mol. The van der Waals surface area contributed by atoms with Gasteiger partial charge in [0.1, 0.15) is 21.7 Å². The molecule has 3 rings (SSSR count). The first kappa shape index (κ1) is 25.1. The van der Waals surface area contributed by atoms with Gasteiger partial charge in [-0.1, -0.05) is 27.2 Å². The highest BCUT2D eigenvalue weighted by Crippen LogP contribution is 2.47. The number of benzene rings is 1. The molecule has 1 unspecified atom stereocenters. The van der Waals surface area contributed by atoms with Gasteiger partial charge in [0.05, 0.1) is 18.2 Å². The molecule has 2 aliphatic rings. The van der Waals surface area contributed by atoms with Crippen molar-refractivity contribution < 1.29 is 24.2 Å². The van der Waals surface area contributed by atoms with Crippen LogP contribution in [-0.2, 0) is 20.8 Å². The molecule has 32 heavy (non-hydrogen) atoms. The van der Waals surface area contributed by atoms with Crippen LogP contribution in [-0.4, -0.2) is 49.1 Å². The van der Waals surface area contributed by atoms with Gasteiger partial charge in [-0.2, -0.15) is 0 Å². The Morgan fingerprint density at radius 1 is 1.34 bits per heavy atom. The van der Waals surface area contributed by atoms with E-state index in [1.807, 2.05) is 18.2 Å². The molecule has 11 heteroatoms. The minimum Gasteiger partial charge on any atom is -0.507 e. The number of aliphatic hydroxyl groups excluding tert-OH is 1. The average molecular weight is 638 g/mol. The van der Waals surface area contributed by atoms with E-state index in [-0.39, 0.29) is 23.8 Å². The lowest BCUT2D eigenvalue weighted by Crippen LogP contribution is -2.38. The molecule has 0 saturated heterocycles. The van der Waals surface area contributed by atoms with Gasteiger partial charge >= 0.3 is 0 Å². The van der Waals surface area contributed by atoms with E-state index < -0.39 is 5.60 Å². The molecule has 174 valence electrons. The summed E-state index contributed by atoms with van der Waals surface area (Å²) in [6.45, 7) is 1.45. The summed E-state index contributed by atoms with van der Waals surface area (Å²) in [6, 6.07) is 5.88. The van der Waals surface area contributed by atoms with Crippen LogP contribution in [0.15, 0.2) is 48.3 Å². The molecule has 0 bridgehead atoms. The number of carbonyl (C=O) groups excluding carboxylic acids is 1. The van der Waals surface area contributed by atoms with E-state index in [4.69, 9.17) is 20.0 Å². The second-order valence-electron chi connectivity index (χ2n) is 7.34. The van der Waals surface area contributed by atoms with Gasteiger partial charge in [-0.05, 0) is 68.9 Å². The fourth-order valence-corrected chi connectivity index (χ4v) is 5.79. The Labute approximate surface area is 211 Å². The van der Waals surface area contributed by atoms with Crippen LogP contribution in [0, 0.1) is 0 Å². The van der Waals surface area contributed by atoms with Gasteiger partial charge in [-0.15, -0.1) is 0 Å². The molecule has 0 fully saturated rings. The average Bonchev–Trinajstić information content (AvgIpc) is 3.18. The van der Waals surface area contributed by atoms with Crippen LogP contribution in [0.1, 0.15) is 24.8 Å². The van der Waals surface area contributed by atoms with Crippen LogP contribution in [0.3, 0.4) is 0 Å². The van der Waals surface area contributed by atoms with Crippen LogP contribution in [0.2, 0.25) is 0 Å². The number of hydrogen-bond donors (Lipinski definition) is 3. The zero-order valence-electron chi connectivity index (χ0n) is 17.4. The number of rotatable bonds is 9. The van der Waals surface area contributed by atoms with Gasteiger partial charge in [0.15, 0.2) is 5.76 Å². The van der Waals surface area contributed by atoms with Crippen LogP contribution in [0.25, 0.3) is 0 Å². The number of methoxy groups -OCH3 is 1.